The molecular formula is C110H128N8O10S2. The van der Waals surface area contributed by atoms with Gasteiger partial charge in [-0.1, -0.05) is 284 Å². The molecule has 6 fully saturated rings. The summed E-state index contributed by atoms with van der Waals surface area (Å²) in [6, 6.07) is 54.9. The van der Waals surface area contributed by atoms with E-state index in [-0.39, 0.29) is 77.4 Å². The Morgan fingerprint density at radius 3 is 0.754 bits per heavy atom. The van der Waals surface area contributed by atoms with Gasteiger partial charge < -0.3 is 40.2 Å². The second-order valence-corrected chi connectivity index (χ2v) is 44.1. The van der Waals surface area contributed by atoms with Crippen LogP contribution in [-0.4, -0.2) is 72.3 Å². The molecule has 8 aromatic rings. The molecule has 0 bridgehead atoms. The van der Waals surface area contributed by atoms with Gasteiger partial charge in [0.25, 0.3) is 23.6 Å². The lowest BCUT2D eigenvalue weighted by Crippen LogP contribution is -2.36. The predicted molar refractivity (Wildman–Crippen MR) is 525 cm³/mol. The number of aryl methyl sites for hydroxylation is 2. The molecule has 10 aliphatic rings. The Kier molecular flexibility index (Phi) is 24.8. The van der Waals surface area contributed by atoms with Gasteiger partial charge in [-0.15, -0.1) is 0 Å². The van der Waals surface area contributed by atoms with Crippen molar-refractivity contribution in [1.82, 2.24) is 42.5 Å². The number of ether oxygens (including phenoxy) is 4. The molecule has 8 aromatic carbocycles. The van der Waals surface area contributed by atoms with Gasteiger partial charge in [0.1, 0.15) is 22.8 Å². The molecule has 0 aromatic heterocycles. The summed E-state index contributed by atoms with van der Waals surface area (Å²) in [6.07, 6.45) is 16.5. The minimum atomic E-state index is -0.971. The van der Waals surface area contributed by atoms with E-state index in [1.54, 1.807) is 18.2 Å². The topological polar surface area (TPSA) is 236 Å². The van der Waals surface area contributed by atoms with Crippen LogP contribution in [0.2, 0.25) is 0 Å². The molecule has 0 saturated carbocycles. The van der Waals surface area contributed by atoms with Crippen molar-refractivity contribution in [2.24, 2.45) is 0 Å². The Bertz CT molecular complexity index is 5690. The van der Waals surface area contributed by atoms with E-state index in [1.165, 1.54) is 111 Å². The monoisotopic (exact) mass is 1780 g/mol. The molecule has 4 aliphatic carbocycles. The Morgan fingerprint density at radius 2 is 0.500 bits per heavy atom. The van der Waals surface area contributed by atoms with Crippen molar-refractivity contribution >= 4 is 94.7 Å². The Labute approximate surface area is 778 Å². The second-order valence-electron chi connectivity index (χ2n) is 43.2. The lowest BCUT2D eigenvalue weighted by atomic mass is 9.62. The molecule has 130 heavy (non-hydrogen) atoms. The van der Waals surface area contributed by atoms with Crippen LogP contribution in [0.15, 0.2) is 181 Å². The number of urea groups is 2. The lowest BCUT2D eigenvalue weighted by molar-refractivity contribution is -0.130. The van der Waals surface area contributed by atoms with Crippen molar-refractivity contribution in [2.45, 2.75) is 269 Å². The summed E-state index contributed by atoms with van der Waals surface area (Å²) in [5.41, 5.74) is 28.9. The third-order valence-corrected chi connectivity index (χ3v) is 30.0. The molecule has 18 nitrogen and oxygen atoms in total. The first-order valence-electron chi connectivity index (χ1n) is 45.8. The SMILES string of the molecule is CC1(C)CCC(C)(C)c2cc(C(C)(C)c3ccc(/C=C4\NC(=O)NC4=O)cc3)ccc21.CC1(C)CCC(C)(C)c2cc(C(C)(C)c3ccc(/C=C4\NC(=S)NC4=O)cc3)ccc21.Cc1cc2c(cc1C1(c3ccc(/C=C4\NC(=O)NC4=O)cc3)OCCO1)C(C)(C)CCC2(C)C.Cc1cc2c(cc1C1(c3ccc(/C=C4\NC(=S)NC4=O)cc3)OCCO1)C(C)(C)CCC2(C)C. The van der Waals surface area contributed by atoms with E-state index in [0.29, 0.717) is 48.0 Å². The zero-order valence-corrected chi connectivity index (χ0v) is 81.3. The van der Waals surface area contributed by atoms with Gasteiger partial charge in [-0.25, -0.2) is 9.59 Å². The average molecular weight is 1790 g/mol. The Hall–Kier alpha value is -10.8. The van der Waals surface area contributed by atoms with Crippen LogP contribution in [0.25, 0.3) is 24.3 Å². The standard InChI is InChI=1S/C28H32N2O4.C28H32N2O3S.C27H32N2O2.C27H32N2OS/c1-17-14-21-22(27(4,5)11-10-26(21,2)3)16-20(17)28(33-12-13-34-28)19-8-6-18(7-9-19)15-23-24(31)30-25(32)29-23;1-17-14-21-22(27(4,5)11-10-26(21,2)3)16-20(17)28(32-12-13-33-28)19-8-6-18(7-9-19)15-23-24(31)30-25(34)29-23;2*1-25(2)13-14-26(3,4)21-16-19(11-12-20(21)25)27(5,6)18-9-7-17(8-10-18)15-22-23(30)29-24(31)28-22/h6-9,14-16H,10-13H2,1-5H3,(H2,29,30,31,32);6-9,14-16H,10-13H2,1-5H3,(H2,29,30,31,34);2*7-12,15-16H,13-14H2,1-6H3,(H2,28,29,30,31)/b2*23-15-;2*22-15-. The molecular weight excluding hydrogens is 1660 g/mol. The highest BCUT2D eigenvalue weighted by Crippen LogP contribution is 2.54. The van der Waals surface area contributed by atoms with Gasteiger partial charge in [0, 0.05) is 33.1 Å². The first kappa shape index (κ1) is 93.8. The number of amides is 8. The molecule has 6 heterocycles. The first-order valence-corrected chi connectivity index (χ1v) is 46.6. The molecule has 0 radical (unpaired) electrons. The van der Waals surface area contributed by atoms with Gasteiger partial charge in [0.15, 0.2) is 10.2 Å². The molecule has 6 aliphatic heterocycles. The predicted octanol–water partition coefficient (Wildman–Crippen LogP) is 21.0. The molecule has 6 saturated heterocycles. The van der Waals surface area contributed by atoms with Crippen LogP contribution in [0.1, 0.15) is 312 Å². The number of rotatable bonds is 12. The maximum absolute atomic E-state index is 12.0. The van der Waals surface area contributed by atoms with Crippen molar-refractivity contribution in [3.05, 3.63) is 303 Å². The minimum Gasteiger partial charge on any atom is -0.340 e. The quantitative estimate of drug-likeness (QED) is 0.0323. The molecule has 0 unspecified atom stereocenters. The van der Waals surface area contributed by atoms with Crippen LogP contribution in [-0.2, 0) is 104 Å². The van der Waals surface area contributed by atoms with E-state index in [1.807, 2.05) is 66.7 Å². The molecule has 0 atom stereocenters. The highest BCUT2D eigenvalue weighted by Gasteiger charge is 2.49. The van der Waals surface area contributed by atoms with Crippen molar-refractivity contribution in [3.63, 3.8) is 0 Å². The lowest BCUT2D eigenvalue weighted by Gasteiger charge is -2.43. The van der Waals surface area contributed by atoms with E-state index in [4.69, 9.17) is 43.4 Å². The Morgan fingerprint density at radius 1 is 0.269 bits per heavy atom. The number of carbonyl (C=O) groups is 6. The van der Waals surface area contributed by atoms with E-state index in [0.717, 1.165) is 62.9 Å². The van der Waals surface area contributed by atoms with Crippen LogP contribution in [0.3, 0.4) is 0 Å². The van der Waals surface area contributed by atoms with Gasteiger partial charge in [-0.3, -0.25) is 40.4 Å². The van der Waals surface area contributed by atoms with Crippen molar-refractivity contribution in [2.75, 3.05) is 26.4 Å². The zero-order valence-electron chi connectivity index (χ0n) is 79.7. The second kappa shape index (κ2) is 34.4. The zero-order chi connectivity index (χ0) is 93.8. The number of hydrogen-bond acceptors (Lipinski definition) is 12. The van der Waals surface area contributed by atoms with Gasteiger partial charge in [-0.2, -0.15) is 0 Å². The molecule has 680 valence electrons. The molecule has 8 N–H and O–H groups in total. The number of hydrogen-bond donors (Lipinski definition) is 8. The maximum atomic E-state index is 12.0. The van der Waals surface area contributed by atoms with Crippen LogP contribution in [0.4, 0.5) is 9.59 Å². The minimum absolute atomic E-state index is 0.0788. The van der Waals surface area contributed by atoms with E-state index in [2.05, 4.69) is 292 Å². The number of benzene rings is 8. The van der Waals surface area contributed by atoms with E-state index in [9.17, 15) is 28.8 Å². The van der Waals surface area contributed by atoms with Crippen molar-refractivity contribution in [1.29, 1.82) is 0 Å². The average Bonchev–Trinajstić information content (AvgIpc) is 1.37. The van der Waals surface area contributed by atoms with Gasteiger partial charge >= 0.3 is 12.1 Å². The smallest absolute Gasteiger partial charge is 0.326 e. The van der Waals surface area contributed by atoms with Crippen LogP contribution >= 0.6 is 24.4 Å². The fourth-order valence-corrected chi connectivity index (χ4v) is 20.8. The highest BCUT2D eigenvalue weighted by atomic mass is 32.1. The van der Waals surface area contributed by atoms with Crippen LogP contribution in [0.5, 0.6) is 0 Å². The summed E-state index contributed by atoms with van der Waals surface area (Å²) in [5.74, 6) is -3.14. The summed E-state index contributed by atoms with van der Waals surface area (Å²) in [4.78, 5) is 70.2. The number of carbonyl (C=O) groups excluding carboxylic acids is 6. The van der Waals surface area contributed by atoms with Crippen LogP contribution in [0, 0.1) is 13.8 Å². The van der Waals surface area contributed by atoms with Crippen molar-refractivity contribution in [3.8, 4) is 0 Å². The summed E-state index contributed by atoms with van der Waals surface area (Å²) in [5, 5.41) is 21.1. The third-order valence-electron chi connectivity index (χ3n) is 29.6. The molecule has 18 rings (SSSR count). The fraction of sp³-hybridized carbons (Fsp3) is 0.418. The number of nitrogens with one attached hydrogen (secondary N) is 8. The summed E-state index contributed by atoms with van der Waals surface area (Å²) in [6.45, 7) is 53.1. The van der Waals surface area contributed by atoms with Gasteiger partial charge in [0.2, 0.25) is 11.6 Å². The molecule has 8 amide bonds. The maximum Gasteiger partial charge on any atom is 0.326 e. The summed E-state index contributed by atoms with van der Waals surface area (Å²) in [7, 11) is 0. The summed E-state index contributed by atoms with van der Waals surface area (Å²) >= 11 is 10.0. The first-order chi connectivity index (χ1) is 60.8. The molecule has 20 heteroatoms. The Balaban J connectivity index is 0.000000133. The number of imide groups is 2. The van der Waals surface area contributed by atoms with Gasteiger partial charge in [0.05, 0.1) is 26.4 Å². The number of thiocarbonyl (C=S) groups is 2. The van der Waals surface area contributed by atoms with E-state index < -0.39 is 35.5 Å². The molecule has 0 spiro atoms. The summed E-state index contributed by atoms with van der Waals surface area (Å²) < 4.78 is 25.5. The normalized spacial score (nSPS) is 22.3. The highest BCUT2D eigenvalue weighted by molar-refractivity contribution is 7.80. The van der Waals surface area contributed by atoms with Crippen molar-refractivity contribution < 1.29 is 47.7 Å². The van der Waals surface area contributed by atoms with E-state index >= 15 is 0 Å². The largest absolute Gasteiger partial charge is 0.340 e. The van der Waals surface area contributed by atoms with Gasteiger partial charge in [-0.05, 0) is 270 Å². The number of fused-ring (bicyclic) bond motifs is 4. The fourth-order valence-electron chi connectivity index (χ4n) is 20.4. The third kappa shape index (κ3) is 18.4. The van der Waals surface area contributed by atoms with Crippen LogP contribution < -0.4 is 42.5 Å².